The Morgan fingerprint density at radius 2 is 2.45 bits per heavy atom. The summed E-state index contributed by atoms with van der Waals surface area (Å²) >= 11 is 3.24. The van der Waals surface area contributed by atoms with Gasteiger partial charge in [-0.2, -0.15) is 0 Å². The summed E-state index contributed by atoms with van der Waals surface area (Å²) in [4.78, 5) is 17.0. The van der Waals surface area contributed by atoms with Crippen LogP contribution in [0.1, 0.15) is 0 Å². The van der Waals surface area contributed by atoms with Gasteiger partial charge in [0.05, 0.1) is 0 Å². The number of hydrogen-bond donors (Lipinski definition) is 1. The van der Waals surface area contributed by atoms with Crippen LogP contribution >= 0.6 is 15.9 Å². The van der Waals surface area contributed by atoms with Crippen LogP contribution in [0.3, 0.4) is 0 Å². The largest absolute Gasteiger partial charge is 0.418 e. The number of fused-ring (bicyclic) bond motifs is 1. The van der Waals surface area contributed by atoms with E-state index in [9.17, 15) is 4.79 Å². The molecule has 11 heavy (non-hydrogen) atoms. The molecule has 0 saturated carbocycles. The van der Waals surface area contributed by atoms with Crippen LogP contribution in [0.25, 0.3) is 11.2 Å². The second-order valence-electron chi connectivity index (χ2n) is 1.99. The summed E-state index contributed by atoms with van der Waals surface area (Å²) in [5.74, 6) is -0.487. The number of rotatable bonds is 0. The van der Waals surface area contributed by atoms with Crippen molar-refractivity contribution in [2.75, 3.05) is 0 Å². The molecule has 0 aliphatic carbocycles. The summed E-state index contributed by atoms with van der Waals surface area (Å²) in [5, 5.41) is 0. The van der Waals surface area contributed by atoms with E-state index in [-0.39, 0.29) is 0 Å². The number of oxazole rings is 1. The molecule has 0 aromatic carbocycles. The molecular weight excluding hydrogens is 212 g/mol. The minimum absolute atomic E-state index is 0.323. The van der Waals surface area contributed by atoms with Gasteiger partial charge in [-0.15, -0.1) is 0 Å². The molecule has 1 N–H and O–H groups in total. The third-order valence-corrected chi connectivity index (χ3v) is 1.94. The minimum Gasteiger partial charge on any atom is -0.389 e. The van der Waals surface area contributed by atoms with Gasteiger partial charge >= 0.3 is 5.76 Å². The monoisotopic (exact) mass is 214 g/mol. The van der Waals surface area contributed by atoms with Gasteiger partial charge < -0.3 is 4.42 Å². The zero-order valence-corrected chi connectivity index (χ0v) is 6.88. The lowest BCUT2D eigenvalue weighted by Crippen LogP contribution is -1.93. The van der Waals surface area contributed by atoms with Crippen LogP contribution in [0, 0.1) is 0 Å². The lowest BCUT2D eigenvalue weighted by molar-refractivity contribution is 0.545. The number of nitrogens with one attached hydrogen (secondary N) is 1. The van der Waals surface area contributed by atoms with Crippen LogP contribution in [0.5, 0.6) is 0 Å². The second kappa shape index (κ2) is 2.20. The van der Waals surface area contributed by atoms with Gasteiger partial charge in [-0.25, -0.2) is 9.78 Å². The first-order valence-corrected chi connectivity index (χ1v) is 3.70. The van der Waals surface area contributed by atoms with E-state index in [0.717, 1.165) is 4.47 Å². The fourth-order valence-corrected chi connectivity index (χ4v) is 1.21. The number of aromatic amines is 1. The first-order chi connectivity index (χ1) is 5.27. The summed E-state index contributed by atoms with van der Waals surface area (Å²) in [6.07, 6.45) is 1.56. The summed E-state index contributed by atoms with van der Waals surface area (Å²) in [6.45, 7) is 0. The van der Waals surface area contributed by atoms with E-state index in [4.69, 9.17) is 4.42 Å². The standard InChI is InChI=1S/C6H3BrN2O2/c7-3-1-2-8-5-4(3)9-6(10)11-5/h1-2H,(H,9,10). The minimum atomic E-state index is -0.487. The van der Waals surface area contributed by atoms with Crippen LogP contribution in [-0.2, 0) is 0 Å². The van der Waals surface area contributed by atoms with Crippen molar-refractivity contribution < 1.29 is 4.42 Å². The third kappa shape index (κ3) is 0.970. The number of pyridine rings is 1. The van der Waals surface area contributed by atoms with E-state index in [1.54, 1.807) is 12.3 Å². The molecule has 2 rings (SSSR count). The first-order valence-electron chi connectivity index (χ1n) is 2.91. The van der Waals surface area contributed by atoms with Crippen molar-refractivity contribution in [1.29, 1.82) is 0 Å². The second-order valence-corrected chi connectivity index (χ2v) is 2.84. The van der Waals surface area contributed by atoms with Gasteiger partial charge in [-0.05, 0) is 22.0 Å². The molecule has 0 spiro atoms. The highest BCUT2D eigenvalue weighted by atomic mass is 79.9. The van der Waals surface area contributed by atoms with Crippen molar-refractivity contribution in [2.24, 2.45) is 0 Å². The van der Waals surface area contributed by atoms with Gasteiger partial charge in [0.25, 0.3) is 0 Å². The normalized spacial score (nSPS) is 10.6. The van der Waals surface area contributed by atoms with Crippen molar-refractivity contribution in [3.63, 3.8) is 0 Å². The van der Waals surface area contributed by atoms with Crippen molar-refractivity contribution >= 4 is 27.2 Å². The molecule has 0 bridgehead atoms. The lowest BCUT2D eigenvalue weighted by Gasteiger charge is -1.86. The molecule has 0 unspecified atom stereocenters. The molecule has 2 heterocycles. The van der Waals surface area contributed by atoms with E-state index in [0.29, 0.717) is 11.2 Å². The molecule has 2 aromatic heterocycles. The highest BCUT2D eigenvalue weighted by Crippen LogP contribution is 2.17. The number of aromatic nitrogens is 2. The van der Waals surface area contributed by atoms with Crippen LogP contribution in [0.2, 0.25) is 0 Å². The summed E-state index contributed by atoms with van der Waals surface area (Å²) in [6, 6.07) is 1.73. The number of H-pyrrole nitrogens is 1. The Kier molecular flexibility index (Phi) is 1.32. The molecule has 2 aromatic rings. The fourth-order valence-electron chi connectivity index (χ4n) is 0.826. The van der Waals surface area contributed by atoms with Crippen molar-refractivity contribution in [1.82, 2.24) is 9.97 Å². The fraction of sp³-hybridized carbons (Fsp3) is 0. The molecule has 0 amide bonds. The summed E-state index contributed by atoms with van der Waals surface area (Å²) < 4.78 is 5.47. The Morgan fingerprint density at radius 1 is 1.64 bits per heavy atom. The molecule has 56 valence electrons. The zero-order chi connectivity index (χ0) is 7.84. The average molecular weight is 215 g/mol. The van der Waals surface area contributed by atoms with Crippen molar-refractivity contribution in [3.8, 4) is 0 Å². The van der Waals surface area contributed by atoms with E-state index < -0.39 is 5.76 Å². The van der Waals surface area contributed by atoms with E-state index in [1.165, 1.54) is 0 Å². The SMILES string of the molecule is O=c1[nH]c2c(Br)ccnc2o1. The highest BCUT2D eigenvalue weighted by molar-refractivity contribution is 9.10. The first kappa shape index (κ1) is 6.60. The van der Waals surface area contributed by atoms with Crippen LogP contribution in [0.4, 0.5) is 0 Å². The molecule has 0 saturated heterocycles. The van der Waals surface area contributed by atoms with Crippen molar-refractivity contribution in [2.45, 2.75) is 0 Å². The van der Waals surface area contributed by atoms with Crippen LogP contribution < -0.4 is 5.76 Å². The predicted octanol–water partition coefficient (Wildman–Crippen LogP) is 1.28. The zero-order valence-electron chi connectivity index (χ0n) is 5.30. The Balaban J connectivity index is 3.01. The maximum absolute atomic E-state index is 10.7. The molecule has 0 aliphatic rings. The molecule has 0 aliphatic heterocycles. The van der Waals surface area contributed by atoms with Crippen LogP contribution in [-0.4, -0.2) is 9.97 Å². The average Bonchev–Trinajstić information content (AvgIpc) is 2.31. The van der Waals surface area contributed by atoms with Gasteiger partial charge in [0, 0.05) is 10.7 Å². The Morgan fingerprint density at radius 3 is 3.18 bits per heavy atom. The van der Waals surface area contributed by atoms with E-state index >= 15 is 0 Å². The molecule has 5 heteroatoms. The molecule has 0 radical (unpaired) electrons. The Labute approximate surface area is 69.4 Å². The molecule has 0 fully saturated rings. The third-order valence-electron chi connectivity index (χ3n) is 1.28. The van der Waals surface area contributed by atoms with Gasteiger partial charge in [0.1, 0.15) is 5.52 Å². The van der Waals surface area contributed by atoms with Crippen molar-refractivity contribution in [3.05, 3.63) is 27.3 Å². The topological polar surface area (TPSA) is 58.9 Å². The number of nitrogens with zero attached hydrogens (tertiary/aromatic N) is 1. The maximum atomic E-state index is 10.7. The van der Waals surface area contributed by atoms with Gasteiger partial charge in [0.2, 0.25) is 5.71 Å². The van der Waals surface area contributed by atoms with Gasteiger partial charge in [-0.3, -0.25) is 4.98 Å². The van der Waals surface area contributed by atoms with Gasteiger partial charge in [0.15, 0.2) is 0 Å². The highest BCUT2D eigenvalue weighted by Gasteiger charge is 2.03. The number of hydrogen-bond acceptors (Lipinski definition) is 3. The Bertz CT molecular complexity index is 445. The summed E-state index contributed by atoms with van der Waals surface area (Å²) in [7, 11) is 0. The van der Waals surface area contributed by atoms with E-state index in [2.05, 4.69) is 25.9 Å². The molecule has 0 atom stereocenters. The molecular formula is C6H3BrN2O2. The smallest absolute Gasteiger partial charge is 0.389 e. The molecule has 4 nitrogen and oxygen atoms in total. The summed E-state index contributed by atoms with van der Waals surface area (Å²) in [5.41, 5.74) is 0.918. The Hall–Kier alpha value is -1.10. The number of halogens is 1. The van der Waals surface area contributed by atoms with Gasteiger partial charge in [-0.1, -0.05) is 0 Å². The quantitative estimate of drug-likeness (QED) is 0.719. The van der Waals surface area contributed by atoms with Crippen LogP contribution in [0.15, 0.2) is 25.9 Å². The lowest BCUT2D eigenvalue weighted by atomic mass is 10.4. The predicted molar refractivity (Wildman–Crippen MR) is 42.3 cm³/mol. The van der Waals surface area contributed by atoms with E-state index in [1.807, 2.05) is 0 Å². The maximum Gasteiger partial charge on any atom is 0.418 e.